The van der Waals surface area contributed by atoms with E-state index in [9.17, 15) is 12.8 Å². The Morgan fingerprint density at radius 2 is 2.15 bits per heavy atom. The molecule has 0 atom stereocenters. The topological polar surface area (TPSA) is 125 Å². The monoisotopic (exact) mass is 302 g/mol. The fraction of sp³-hybridized carbons (Fsp3) is 0.222. The zero-order valence-corrected chi connectivity index (χ0v) is 11.3. The Morgan fingerprint density at radius 3 is 2.65 bits per heavy atom. The summed E-state index contributed by atoms with van der Waals surface area (Å²) in [6.45, 7) is 0. The Morgan fingerprint density at radius 1 is 1.45 bits per heavy atom. The van der Waals surface area contributed by atoms with Crippen LogP contribution in [0.4, 0.5) is 16.0 Å². The molecule has 9 nitrogen and oxygen atoms in total. The van der Waals surface area contributed by atoms with Gasteiger partial charge in [0.25, 0.3) is 16.0 Å². The summed E-state index contributed by atoms with van der Waals surface area (Å²) in [5.41, 5.74) is 5.38. The van der Waals surface area contributed by atoms with Gasteiger partial charge in [0.1, 0.15) is 0 Å². The number of aromatic nitrogens is 4. The van der Waals surface area contributed by atoms with Gasteiger partial charge in [0.2, 0.25) is 0 Å². The minimum Gasteiger partial charge on any atom is -0.492 e. The quantitative estimate of drug-likeness (QED) is 0.745. The van der Waals surface area contributed by atoms with Gasteiger partial charge in [-0.15, -0.1) is 5.10 Å². The zero-order valence-electron chi connectivity index (χ0n) is 10.5. The molecule has 2 aromatic rings. The smallest absolute Gasteiger partial charge is 0.277 e. The third-order valence-electron chi connectivity index (χ3n) is 2.29. The van der Waals surface area contributed by atoms with E-state index in [1.165, 1.54) is 14.2 Å². The number of anilines is 2. The molecule has 0 radical (unpaired) electrons. The largest absolute Gasteiger partial charge is 0.492 e. The van der Waals surface area contributed by atoms with Gasteiger partial charge in [0.15, 0.2) is 11.6 Å². The molecule has 0 bridgehead atoms. The van der Waals surface area contributed by atoms with Crippen LogP contribution in [0.2, 0.25) is 0 Å². The Bertz CT molecular complexity index is 721. The van der Waals surface area contributed by atoms with Crippen LogP contribution in [0.15, 0.2) is 17.0 Å². The number of hydrogen-bond donors (Lipinski definition) is 2. The molecule has 0 saturated heterocycles. The van der Waals surface area contributed by atoms with Crippen molar-refractivity contribution in [3.05, 3.63) is 17.9 Å². The standard InChI is InChI=1S/C9H11FN6O3S/c1-16-13-9(12-15-16)14-20(17,18)5-3-6(10)8(19-2)7(11)4-5/h3-4H,11H2,1-2H3,(H,13,14). The van der Waals surface area contributed by atoms with Gasteiger partial charge in [-0.1, -0.05) is 5.10 Å². The van der Waals surface area contributed by atoms with Crippen molar-refractivity contribution in [1.29, 1.82) is 0 Å². The molecule has 0 saturated carbocycles. The highest BCUT2D eigenvalue weighted by molar-refractivity contribution is 7.92. The summed E-state index contributed by atoms with van der Waals surface area (Å²) in [4.78, 5) is 0.696. The van der Waals surface area contributed by atoms with Crippen LogP contribution in [0.5, 0.6) is 5.75 Å². The van der Waals surface area contributed by atoms with Crippen molar-refractivity contribution >= 4 is 21.7 Å². The number of benzene rings is 1. The van der Waals surface area contributed by atoms with Gasteiger partial charge in [-0.25, -0.2) is 17.5 Å². The number of nitrogens with two attached hydrogens (primary N) is 1. The van der Waals surface area contributed by atoms with Crippen LogP contribution in [0, 0.1) is 5.82 Å². The van der Waals surface area contributed by atoms with E-state index in [0.29, 0.717) is 0 Å². The van der Waals surface area contributed by atoms with Gasteiger partial charge in [0.05, 0.1) is 24.7 Å². The first-order valence-corrected chi connectivity index (χ1v) is 6.71. The molecule has 1 heterocycles. The summed E-state index contributed by atoms with van der Waals surface area (Å²) < 4.78 is 44.4. The molecule has 3 N–H and O–H groups in total. The van der Waals surface area contributed by atoms with E-state index < -0.39 is 15.8 Å². The molecule has 0 aliphatic rings. The van der Waals surface area contributed by atoms with Gasteiger partial charge in [-0.05, 0) is 17.3 Å². The fourth-order valence-electron chi connectivity index (χ4n) is 1.46. The minimum atomic E-state index is -4.07. The summed E-state index contributed by atoms with van der Waals surface area (Å²) in [6, 6.07) is 1.86. The SMILES string of the molecule is COc1c(N)cc(S(=O)(=O)Nc2nnn(C)n2)cc1F. The fourth-order valence-corrected chi connectivity index (χ4v) is 2.44. The maximum absolute atomic E-state index is 13.6. The average Bonchev–Trinajstić information content (AvgIpc) is 2.73. The number of methoxy groups -OCH3 is 1. The number of nitrogen functional groups attached to an aromatic ring is 1. The number of hydrogen-bond acceptors (Lipinski definition) is 7. The van der Waals surface area contributed by atoms with Crippen LogP contribution in [0.3, 0.4) is 0 Å². The summed E-state index contributed by atoms with van der Waals surface area (Å²) in [7, 11) is -1.38. The van der Waals surface area contributed by atoms with E-state index in [0.717, 1.165) is 16.9 Å². The zero-order chi connectivity index (χ0) is 14.9. The van der Waals surface area contributed by atoms with Gasteiger partial charge in [-0.2, -0.15) is 4.80 Å². The van der Waals surface area contributed by atoms with Crippen molar-refractivity contribution in [2.45, 2.75) is 4.90 Å². The Hall–Kier alpha value is -2.43. The summed E-state index contributed by atoms with van der Waals surface area (Å²) in [6.07, 6.45) is 0. The van der Waals surface area contributed by atoms with Crippen LogP contribution >= 0.6 is 0 Å². The second-order valence-electron chi connectivity index (χ2n) is 3.74. The normalized spacial score (nSPS) is 11.3. The molecule has 0 aliphatic heterocycles. The van der Waals surface area contributed by atoms with E-state index in [1.807, 2.05) is 0 Å². The maximum Gasteiger partial charge on any atom is 0.277 e. The highest BCUT2D eigenvalue weighted by atomic mass is 32.2. The first kappa shape index (κ1) is 14.0. The molecule has 108 valence electrons. The molecule has 0 spiro atoms. The van der Waals surface area contributed by atoms with E-state index in [-0.39, 0.29) is 22.3 Å². The van der Waals surface area contributed by atoms with Crippen molar-refractivity contribution in [2.24, 2.45) is 7.05 Å². The number of nitrogens with one attached hydrogen (secondary N) is 1. The second kappa shape index (κ2) is 4.92. The number of rotatable bonds is 4. The van der Waals surface area contributed by atoms with Gasteiger partial charge in [-0.3, -0.25) is 0 Å². The molecule has 0 aliphatic carbocycles. The van der Waals surface area contributed by atoms with E-state index in [4.69, 9.17) is 10.5 Å². The predicted molar refractivity (Wildman–Crippen MR) is 67.0 cm³/mol. The minimum absolute atomic E-state index is 0.139. The number of tetrazole rings is 1. The molecule has 1 aromatic carbocycles. The van der Waals surface area contributed by atoms with E-state index in [1.54, 1.807) is 0 Å². The summed E-state index contributed by atoms with van der Waals surface area (Å²) >= 11 is 0. The molecule has 11 heteroatoms. The van der Waals surface area contributed by atoms with Crippen molar-refractivity contribution in [3.63, 3.8) is 0 Å². The number of halogens is 1. The lowest BCUT2D eigenvalue weighted by Gasteiger charge is -2.09. The van der Waals surface area contributed by atoms with Crippen molar-refractivity contribution in [3.8, 4) is 5.75 Å². The second-order valence-corrected chi connectivity index (χ2v) is 5.42. The van der Waals surface area contributed by atoms with Crippen LogP contribution in [0.25, 0.3) is 0 Å². The number of ether oxygens (including phenoxy) is 1. The molecule has 0 unspecified atom stereocenters. The number of aryl methyl sites for hydroxylation is 1. The van der Waals surface area contributed by atoms with Crippen molar-refractivity contribution < 1.29 is 17.5 Å². The summed E-state index contributed by atoms with van der Waals surface area (Å²) in [5.74, 6) is -1.34. The molecule has 0 fully saturated rings. The Balaban J connectivity index is 2.39. The molecular weight excluding hydrogens is 291 g/mol. The predicted octanol–water partition coefficient (Wildman–Crippen LogP) is -0.259. The van der Waals surface area contributed by atoms with Crippen molar-refractivity contribution in [2.75, 3.05) is 17.6 Å². The van der Waals surface area contributed by atoms with Crippen LogP contribution < -0.4 is 15.2 Å². The first-order valence-electron chi connectivity index (χ1n) is 5.23. The van der Waals surface area contributed by atoms with Crippen LogP contribution in [0.1, 0.15) is 0 Å². The Kier molecular flexibility index (Phi) is 3.44. The average molecular weight is 302 g/mol. The number of sulfonamides is 1. The highest BCUT2D eigenvalue weighted by Crippen LogP contribution is 2.28. The number of nitrogens with zero attached hydrogens (tertiary/aromatic N) is 4. The van der Waals surface area contributed by atoms with Crippen molar-refractivity contribution in [1.82, 2.24) is 20.2 Å². The molecule has 20 heavy (non-hydrogen) atoms. The Labute approximate surface area is 113 Å². The highest BCUT2D eigenvalue weighted by Gasteiger charge is 2.21. The van der Waals surface area contributed by atoms with Gasteiger partial charge >= 0.3 is 0 Å². The molecule has 0 amide bonds. The lowest BCUT2D eigenvalue weighted by molar-refractivity contribution is 0.388. The first-order chi connectivity index (χ1) is 9.33. The van der Waals surface area contributed by atoms with Crippen LogP contribution in [-0.2, 0) is 17.1 Å². The van der Waals surface area contributed by atoms with E-state index in [2.05, 4.69) is 20.1 Å². The summed E-state index contributed by atoms with van der Waals surface area (Å²) in [5, 5.41) is 10.6. The van der Waals surface area contributed by atoms with Gasteiger partial charge in [0, 0.05) is 0 Å². The third-order valence-corrected chi connectivity index (χ3v) is 3.60. The van der Waals surface area contributed by atoms with E-state index >= 15 is 0 Å². The third kappa shape index (κ3) is 2.61. The van der Waals surface area contributed by atoms with Crippen LogP contribution in [-0.4, -0.2) is 35.7 Å². The lowest BCUT2D eigenvalue weighted by Crippen LogP contribution is -2.15. The lowest BCUT2D eigenvalue weighted by atomic mass is 10.3. The molecular formula is C9H11FN6O3S. The maximum atomic E-state index is 13.6. The molecule has 1 aromatic heterocycles. The van der Waals surface area contributed by atoms with Gasteiger partial charge < -0.3 is 10.5 Å². The molecule has 2 rings (SSSR count).